The third-order valence-corrected chi connectivity index (χ3v) is 5.13. The number of phenols is 1. The molecule has 1 aromatic heterocycles. The zero-order valence-electron chi connectivity index (χ0n) is 16.0. The normalized spacial score (nSPS) is 13.9. The second kappa shape index (κ2) is 7.48. The predicted molar refractivity (Wildman–Crippen MR) is 108 cm³/mol. The first-order valence-corrected chi connectivity index (χ1v) is 9.31. The van der Waals surface area contributed by atoms with Crippen molar-refractivity contribution in [2.24, 2.45) is 0 Å². The summed E-state index contributed by atoms with van der Waals surface area (Å²) < 4.78 is 5.10. The fraction of sp³-hybridized carbons (Fsp3) is 0.273. The zero-order valence-corrected chi connectivity index (χ0v) is 16.0. The van der Waals surface area contributed by atoms with Crippen LogP contribution in [0.2, 0.25) is 0 Å². The van der Waals surface area contributed by atoms with Gasteiger partial charge in [0.25, 0.3) is 5.56 Å². The van der Waals surface area contributed by atoms with E-state index in [1.807, 2.05) is 37.3 Å². The van der Waals surface area contributed by atoms with Crippen LogP contribution in [0, 0.1) is 6.92 Å². The van der Waals surface area contributed by atoms with E-state index in [-0.39, 0.29) is 11.3 Å². The molecule has 2 N–H and O–H groups in total. The molecular formula is C22H23N3O3. The average molecular weight is 377 g/mol. The second-order valence-corrected chi connectivity index (χ2v) is 7.17. The first-order chi connectivity index (χ1) is 13.5. The Morgan fingerprint density at radius 3 is 2.71 bits per heavy atom. The van der Waals surface area contributed by atoms with Gasteiger partial charge in [0.2, 0.25) is 0 Å². The Kier molecular flexibility index (Phi) is 4.88. The summed E-state index contributed by atoms with van der Waals surface area (Å²) in [5.41, 5.74) is 4.60. The van der Waals surface area contributed by atoms with Gasteiger partial charge in [0, 0.05) is 30.8 Å². The van der Waals surface area contributed by atoms with Crippen molar-refractivity contribution in [2.75, 3.05) is 13.7 Å². The number of nitrogens with one attached hydrogen (secondary N) is 1. The van der Waals surface area contributed by atoms with Crippen molar-refractivity contribution < 1.29 is 9.84 Å². The van der Waals surface area contributed by atoms with E-state index in [9.17, 15) is 9.90 Å². The van der Waals surface area contributed by atoms with Gasteiger partial charge in [-0.15, -0.1) is 0 Å². The van der Waals surface area contributed by atoms with Crippen molar-refractivity contribution in [1.29, 1.82) is 0 Å². The highest BCUT2D eigenvalue weighted by atomic mass is 16.5. The minimum Gasteiger partial charge on any atom is -0.504 e. The van der Waals surface area contributed by atoms with E-state index in [0.717, 1.165) is 34.5 Å². The summed E-state index contributed by atoms with van der Waals surface area (Å²) in [5, 5.41) is 10.00. The average Bonchev–Trinajstić information content (AvgIpc) is 2.68. The summed E-state index contributed by atoms with van der Waals surface area (Å²) in [7, 11) is 1.53. The molecule has 3 aromatic rings. The highest BCUT2D eigenvalue weighted by Crippen LogP contribution is 2.27. The van der Waals surface area contributed by atoms with Crippen molar-refractivity contribution in [3.05, 3.63) is 75.2 Å². The third-order valence-electron chi connectivity index (χ3n) is 5.13. The molecule has 4 rings (SSSR count). The molecular weight excluding hydrogens is 354 g/mol. The van der Waals surface area contributed by atoms with E-state index < -0.39 is 0 Å². The Hall–Kier alpha value is -3.12. The number of hydrogen-bond acceptors (Lipinski definition) is 5. The van der Waals surface area contributed by atoms with Gasteiger partial charge in [-0.05, 0) is 31.0 Å². The molecule has 144 valence electrons. The van der Waals surface area contributed by atoms with Crippen LogP contribution in [-0.2, 0) is 19.5 Å². The number of aromatic hydroxyl groups is 1. The number of aromatic nitrogens is 2. The molecule has 0 radical (unpaired) electrons. The Bertz CT molecular complexity index is 1060. The van der Waals surface area contributed by atoms with Crippen LogP contribution in [0.25, 0.3) is 11.4 Å². The van der Waals surface area contributed by atoms with E-state index in [1.165, 1.54) is 7.11 Å². The highest BCUT2D eigenvalue weighted by Gasteiger charge is 2.21. The maximum atomic E-state index is 12.5. The Labute approximate surface area is 163 Å². The Balaban J connectivity index is 1.58. The Morgan fingerprint density at radius 2 is 2.00 bits per heavy atom. The molecule has 6 nitrogen and oxygen atoms in total. The largest absolute Gasteiger partial charge is 0.504 e. The van der Waals surface area contributed by atoms with Crippen LogP contribution in [0.4, 0.5) is 0 Å². The van der Waals surface area contributed by atoms with Crippen LogP contribution < -0.4 is 10.3 Å². The third kappa shape index (κ3) is 3.64. The van der Waals surface area contributed by atoms with E-state index in [4.69, 9.17) is 9.72 Å². The van der Waals surface area contributed by atoms with Gasteiger partial charge in [-0.25, -0.2) is 4.98 Å². The summed E-state index contributed by atoms with van der Waals surface area (Å²) in [6.07, 6.45) is 0.661. The van der Waals surface area contributed by atoms with Crippen molar-refractivity contribution in [3.63, 3.8) is 0 Å². The summed E-state index contributed by atoms with van der Waals surface area (Å²) in [4.78, 5) is 22.4. The molecule has 6 heteroatoms. The summed E-state index contributed by atoms with van der Waals surface area (Å²) in [6.45, 7) is 4.08. The number of benzene rings is 2. The molecule has 0 spiro atoms. The van der Waals surface area contributed by atoms with Crippen molar-refractivity contribution >= 4 is 0 Å². The SMILES string of the molecule is COc1ccc(CN2CCc3c(nc(-c4ccc(C)cc4)[nH]c3=O)C2)cc1O. The van der Waals surface area contributed by atoms with Gasteiger partial charge >= 0.3 is 0 Å². The maximum Gasteiger partial charge on any atom is 0.254 e. The number of nitrogens with zero attached hydrogens (tertiary/aromatic N) is 2. The number of aryl methyl sites for hydroxylation is 1. The Morgan fingerprint density at radius 1 is 1.21 bits per heavy atom. The lowest BCUT2D eigenvalue weighted by atomic mass is 10.0. The van der Waals surface area contributed by atoms with Gasteiger partial charge in [0.1, 0.15) is 5.82 Å². The number of phenolic OH excluding ortho intramolecular Hbond substituents is 1. The van der Waals surface area contributed by atoms with Gasteiger partial charge in [-0.2, -0.15) is 0 Å². The van der Waals surface area contributed by atoms with Gasteiger partial charge in [-0.1, -0.05) is 35.9 Å². The van der Waals surface area contributed by atoms with Crippen LogP contribution >= 0.6 is 0 Å². The first kappa shape index (κ1) is 18.3. The lowest BCUT2D eigenvalue weighted by Gasteiger charge is -2.27. The van der Waals surface area contributed by atoms with Crippen LogP contribution in [-0.4, -0.2) is 33.6 Å². The van der Waals surface area contributed by atoms with E-state index in [1.54, 1.807) is 12.1 Å². The number of rotatable bonds is 4. The van der Waals surface area contributed by atoms with Crippen molar-refractivity contribution in [3.8, 4) is 22.9 Å². The number of ether oxygens (including phenoxy) is 1. The molecule has 0 saturated carbocycles. The van der Waals surface area contributed by atoms with Gasteiger partial charge < -0.3 is 14.8 Å². The lowest BCUT2D eigenvalue weighted by molar-refractivity contribution is 0.240. The first-order valence-electron chi connectivity index (χ1n) is 9.31. The van der Waals surface area contributed by atoms with Crippen molar-refractivity contribution in [2.45, 2.75) is 26.4 Å². The topological polar surface area (TPSA) is 78.5 Å². The van der Waals surface area contributed by atoms with E-state index in [2.05, 4.69) is 9.88 Å². The van der Waals surface area contributed by atoms with Crippen molar-refractivity contribution in [1.82, 2.24) is 14.9 Å². The van der Waals surface area contributed by atoms with Crippen LogP contribution in [0.5, 0.6) is 11.5 Å². The van der Waals surface area contributed by atoms with Gasteiger partial charge in [0.05, 0.1) is 12.8 Å². The van der Waals surface area contributed by atoms with Crippen LogP contribution in [0.1, 0.15) is 22.4 Å². The predicted octanol–water partition coefficient (Wildman–Crippen LogP) is 3.02. The second-order valence-electron chi connectivity index (χ2n) is 7.17. The highest BCUT2D eigenvalue weighted by molar-refractivity contribution is 5.55. The smallest absolute Gasteiger partial charge is 0.254 e. The zero-order chi connectivity index (χ0) is 19.7. The molecule has 2 aromatic carbocycles. The van der Waals surface area contributed by atoms with E-state index in [0.29, 0.717) is 31.1 Å². The molecule has 0 fully saturated rings. The molecule has 28 heavy (non-hydrogen) atoms. The molecule has 0 amide bonds. The molecule has 0 unspecified atom stereocenters. The number of methoxy groups -OCH3 is 1. The fourth-order valence-electron chi connectivity index (χ4n) is 3.57. The quantitative estimate of drug-likeness (QED) is 0.731. The molecule has 1 aliphatic heterocycles. The van der Waals surface area contributed by atoms with E-state index >= 15 is 0 Å². The standard InChI is InChI=1S/C22H23N3O3/c1-14-3-6-16(7-4-14)21-23-18-13-25(10-9-17(18)22(27)24-21)12-15-5-8-20(28-2)19(26)11-15/h3-8,11,26H,9-10,12-13H2,1-2H3,(H,23,24,27). The van der Waals surface area contributed by atoms with Gasteiger partial charge in [0.15, 0.2) is 11.5 Å². The maximum absolute atomic E-state index is 12.5. The fourth-order valence-corrected chi connectivity index (χ4v) is 3.57. The number of H-pyrrole nitrogens is 1. The minimum absolute atomic E-state index is 0.0534. The summed E-state index contributed by atoms with van der Waals surface area (Å²) in [5.74, 6) is 1.20. The molecule has 0 aliphatic carbocycles. The molecule has 2 heterocycles. The summed E-state index contributed by atoms with van der Waals surface area (Å²) in [6, 6.07) is 13.4. The number of fused-ring (bicyclic) bond motifs is 1. The van der Waals surface area contributed by atoms with Crippen LogP contribution in [0.3, 0.4) is 0 Å². The number of hydrogen-bond donors (Lipinski definition) is 2. The molecule has 0 saturated heterocycles. The van der Waals surface area contributed by atoms with Crippen LogP contribution in [0.15, 0.2) is 47.3 Å². The molecule has 0 bridgehead atoms. The minimum atomic E-state index is -0.0534. The lowest BCUT2D eigenvalue weighted by Crippen LogP contribution is -2.35. The molecule has 1 aliphatic rings. The summed E-state index contributed by atoms with van der Waals surface area (Å²) >= 11 is 0. The van der Waals surface area contributed by atoms with Gasteiger partial charge in [-0.3, -0.25) is 9.69 Å². The monoisotopic (exact) mass is 377 g/mol. The molecule has 0 atom stereocenters. The number of aromatic amines is 1.